The highest BCUT2D eigenvalue weighted by molar-refractivity contribution is 5.74. The predicted octanol–water partition coefficient (Wildman–Crippen LogP) is 0.730. The number of aliphatic hydroxyl groups excluding tert-OH is 1. The van der Waals surface area contributed by atoms with Crippen LogP contribution in [0.4, 0.5) is 0 Å². The highest BCUT2D eigenvalue weighted by Crippen LogP contribution is 2.39. The summed E-state index contributed by atoms with van der Waals surface area (Å²) < 4.78 is 11.0. The number of aliphatic hydroxyl groups is 1. The maximum absolute atomic E-state index is 12.1. The van der Waals surface area contributed by atoms with Gasteiger partial charge < -0.3 is 14.6 Å². The van der Waals surface area contributed by atoms with Gasteiger partial charge in [-0.15, -0.1) is 0 Å². The molecule has 0 unspecified atom stereocenters. The molecule has 0 aliphatic carbocycles. The van der Waals surface area contributed by atoms with Crippen LogP contribution >= 0.6 is 0 Å². The van der Waals surface area contributed by atoms with Crippen molar-refractivity contribution in [1.82, 2.24) is 5.06 Å². The molecule has 1 N–H and O–H groups in total. The topological polar surface area (TPSA) is 68.2 Å². The monoisotopic (exact) mass is 287 g/mol. The SMILES string of the molecule is COC(=O)[C@@H]1[C@@H]2[C@@H](OC(C)(C)C)CCN2O[C@H]1CCO. The molecule has 20 heavy (non-hydrogen) atoms. The summed E-state index contributed by atoms with van der Waals surface area (Å²) in [4.78, 5) is 17.9. The number of rotatable bonds is 4. The second-order valence-electron chi connectivity index (χ2n) is 6.39. The van der Waals surface area contributed by atoms with Gasteiger partial charge in [-0.05, 0) is 33.6 Å². The molecule has 6 heteroatoms. The number of methoxy groups -OCH3 is 1. The number of hydrogen-bond acceptors (Lipinski definition) is 6. The molecule has 0 aromatic heterocycles. The Kier molecular flexibility index (Phi) is 4.69. The average Bonchev–Trinajstić information content (AvgIpc) is 2.87. The molecular formula is C14H25NO5. The molecule has 0 amide bonds. The van der Waals surface area contributed by atoms with Crippen molar-refractivity contribution in [2.24, 2.45) is 5.92 Å². The van der Waals surface area contributed by atoms with Crippen molar-refractivity contribution in [2.75, 3.05) is 20.3 Å². The predicted molar refractivity (Wildman–Crippen MR) is 71.8 cm³/mol. The van der Waals surface area contributed by atoms with Gasteiger partial charge in [0.1, 0.15) is 5.92 Å². The summed E-state index contributed by atoms with van der Waals surface area (Å²) in [5, 5.41) is 11.0. The van der Waals surface area contributed by atoms with E-state index in [-0.39, 0.29) is 36.4 Å². The standard InChI is InChI=1S/C14H25NO5/c1-14(2,3)19-10-5-7-15-12(10)11(13(17)18-4)9(20-15)6-8-16/h9-12,16H,5-8H2,1-4H3/t9-,10-,11-,12-/m0/s1. The maximum atomic E-state index is 12.1. The first-order valence-electron chi connectivity index (χ1n) is 7.17. The Hall–Kier alpha value is -0.690. The van der Waals surface area contributed by atoms with E-state index in [4.69, 9.17) is 19.4 Å². The first kappa shape index (κ1) is 15.7. The van der Waals surface area contributed by atoms with Crippen LogP contribution in [0.1, 0.15) is 33.6 Å². The van der Waals surface area contributed by atoms with Crippen molar-refractivity contribution in [3.05, 3.63) is 0 Å². The normalized spacial score (nSPS) is 34.2. The zero-order valence-corrected chi connectivity index (χ0v) is 12.7. The number of hydrogen-bond donors (Lipinski definition) is 1. The fourth-order valence-corrected chi connectivity index (χ4v) is 3.12. The van der Waals surface area contributed by atoms with Crippen LogP contribution in [0.5, 0.6) is 0 Å². The quantitative estimate of drug-likeness (QED) is 0.769. The van der Waals surface area contributed by atoms with Gasteiger partial charge in [0, 0.05) is 13.2 Å². The lowest BCUT2D eigenvalue weighted by Crippen LogP contribution is -2.43. The van der Waals surface area contributed by atoms with E-state index in [1.165, 1.54) is 7.11 Å². The molecule has 6 nitrogen and oxygen atoms in total. The van der Waals surface area contributed by atoms with Crippen LogP contribution in [0.25, 0.3) is 0 Å². The lowest BCUT2D eigenvalue weighted by molar-refractivity contribution is -0.161. The van der Waals surface area contributed by atoms with E-state index in [0.29, 0.717) is 6.42 Å². The zero-order valence-electron chi connectivity index (χ0n) is 12.7. The molecule has 0 bridgehead atoms. The maximum Gasteiger partial charge on any atom is 0.313 e. The van der Waals surface area contributed by atoms with Gasteiger partial charge in [0.05, 0.1) is 31.0 Å². The summed E-state index contributed by atoms with van der Waals surface area (Å²) in [6, 6.07) is -0.127. The summed E-state index contributed by atoms with van der Waals surface area (Å²) in [5.41, 5.74) is -0.267. The number of nitrogens with zero attached hydrogens (tertiary/aromatic N) is 1. The third-order valence-electron chi connectivity index (χ3n) is 3.78. The number of carbonyl (C=O) groups is 1. The van der Waals surface area contributed by atoms with Gasteiger partial charge in [-0.1, -0.05) is 0 Å². The molecule has 116 valence electrons. The molecule has 2 fully saturated rings. The minimum Gasteiger partial charge on any atom is -0.469 e. The van der Waals surface area contributed by atoms with Crippen molar-refractivity contribution in [2.45, 2.75) is 57.5 Å². The fraction of sp³-hybridized carbons (Fsp3) is 0.929. The van der Waals surface area contributed by atoms with E-state index >= 15 is 0 Å². The zero-order chi connectivity index (χ0) is 14.9. The molecule has 0 saturated carbocycles. The molecule has 2 rings (SSSR count). The van der Waals surface area contributed by atoms with Crippen LogP contribution in [0, 0.1) is 5.92 Å². The van der Waals surface area contributed by atoms with Crippen LogP contribution in [0.15, 0.2) is 0 Å². The van der Waals surface area contributed by atoms with Crippen molar-refractivity contribution in [3.63, 3.8) is 0 Å². The summed E-state index contributed by atoms with van der Waals surface area (Å²) in [6.45, 7) is 6.74. The highest BCUT2D eigenvalue weighted by Gasteiger charge is 2.55. The Labute approximate surface area is 119 Å². The summed E-state index contributed by atoms with van der Waals surface area (Å²) >= 11 is 0. The molecule has 2 aliphatic heterocycles. The van der Waals surface area contributed by atoms with Gasteiger partial charge in [-0.25, -0.2) is 0 Å². The van der Waals surface area contributed by atoms with E-state index in [1.54, 1.807) is 0 Å². The second-order valence-corrected chi connectivity index (χ2v) is 6.39. The lowest BCUT2D eigenvalue weighted by atomic mass is 9.90. The Morgan fingerprint density at radius 1 is 1.45 bits per heavy atom. The van der Waals surface area contributed by atoms with Crippen molar-refractivity contribution in [3.8, 4) is 0 Å². The first-order chi connectivity index (χ1) is 9.37. The number of hydroxylamine groups is 2. The molecule has 0 radical (unpaired) electrons. The molecule has 0 aromatic carbocycles. The van der Waals surface area contributed by atoms with Crippen LogP contribution in [-0.2, 0) is 19.1 Å². The third kappa shape index (κ3) is 3.14. The molecule has 2 aliphatic rings. The largest absolute Gasteiger partial charge is 0.469 e. The van der Waals surface area contributed by atoms with Crippen molar-refractivity contribution >= 4 is 5.97 Å². The molecule has 4 atom stereocenters. The van der Waals surface area contributed by atoms with Crippen molar-refractivity contribution < 1.29 is 24.2 Å². The van der Waals surface area contributed by atoms with E-state index in [1.807, 2.05) is 25.8 Å². The van der Waals surface area contributed by atoms with Crippen LogP contribution in [0.2, 0.25) is 0 Å². The molecular weight excluding hydrogens is 262 g/mol. The van der Waals surface area contributed by atoms with Gasteiger partial charge in [0.25, 0.3) is 0 Å². The highest BCUT2D eigenvalue weighted by atomic mass is 16.7. The van der Waals surface area contributed by atoms with Crippen LogP contribution in [-0.4, -0.2) is 60.3 Å². The molecule has 0 spiro atoms. The summed E-state index contributed by atoms with van der Waals surface area (Å²) in [6.07, 6.45) is 0.877. The van der Waals surface area contributed by atoms with Gasteiger partial charge in [0.15, 0.2) is 0 Å². The van der Waals surface area contributed by atoms with Gasteiger partial charge in [0.2, 0.25) is 0 Å². The Balaban J connectivity index is 2.16. The van der Waals surface area contributed by atoms with E-state index in [0.717, 1.165) is 13.0 Å². The molecule has 0 aromatic rings. The minimum atomic E-state index is -0.401. The van der Waals surface area contributed by atoms with Gasteiger partial charge in [-0.2, -0.15) is 5.06 Å². The first-order valence-corrected chi connectivity index (χ1v) is 7.17. The molecule has 2 saturated heterocycles. The Bertz CT molecular complexity index is 354. The van der Waals surface area contributed by atoms with Crippen LogP contribution in [0.3, 0.4) is 0 Å². The summed E-state index contributed by atoms with van der Waals surface area (Å²) in [5.74, 6) is -0.692. The fourth-order valence-electron chi connectivity index (χ4n) is 3.12. The minimum absolute atomic E-state index is 0.0104. The average molecular weight is 287 g/mol. The number of fused-ring (bicyclic) bond motifs is 1. The third-order valence-corrected chi connectivity index (χ3v) is 3.78. The number of ether oxygens (including phenoxy) is 2. The lowest BCUT2D eigenvalue weighted by Gasteiger charge is -2.30. The van der Waals surface area contributed by atoms with E-state index in [9.17, 15) is 4.79 Å². The number of esters is 1. The van der Waals surface area contributed by atoms with Crippen molar-refractivity contribution in [1.29, 1.82) is 0 Å². The number of carbonyl (C=O) groups excluding carboxylic acids is 1. The van der Waals surface area contributed by atoms with E-state index < -0.39 is 5.92 Å². The van der Waals surface area contributed by atoms with E-state index in [2.05, 4.69) is 0 Å². The van der Waals surface area contributed by atoms with Gasteiger partial charge >= 0.3 is 5.97 Å². The van der Waals surface area contributed by atoms with Crippen LogP contribution < -0.4 is 0 Å². The summed E-state index contributed by atoms with van der Waals surface area (Å²) in [7, 11) is 1.38. The van der Waals surface area contributed by atoms with Gasteiger partial charge in [-0.3, -0.25) is 9.63 Å². The Morgan fingerprint density at radius 2 is 2.15 bits per heavy atom. The Morgan fingerprint density at radius 3 is 2.70 bits per heavy atom. The molecule has 2 heterocycles. The second kappa shape index (κ2) is 5.97. The smallest absolute Gasteiger partial charge is 0.313 e.